The van der Waals surface area contributed by atoms with Crippen LogP contribution in [-0.2, 0) is 0 Å². The normalized spacial score (nSPS) is 10.4. The fourth-order valence-electron chi connectivity index (χ4n) is 1.49. The van der Waals surface area contributed by atoms with Gasteiger partial charge >= 0.3 is 0 Å². The van der Waals surface area contributed by atoms with Crippen molar-refractivity contribution >= 4 is 11.5 Å². The maximum absolute atomic E-state index is 13.4. The number of nitrogens with two attached hydrogens (primary N) is 1. The topological polar surface area (TPSA) is 56.0 Å². The van der Waals surface area contributed by atoms with Crippen molar-refractivity contribution in [2.75, 3.05) is 5.73 Å². The van der Waals surface area contributed by atoms with E-state index in [0.717, 1.165) is 6.20 Å². The van der Waals surface area contributed by atoms with Crippen LogP contribution in [0.1, 0.15) is 15.9 Å². The van der Waals surface area contributed by atoms with Gasteiger partial charge in [0.15, 0.2) is 0 Å². The van der Waals surface area contributed by atoms with E-state index >= 15 is 0 Å². The van der Waals surface area contributed by atoms with Crippen molar-refractivity contribution in [1.82, 2.24) is 4.98 Å². The Hall–Kier alpha value is -2.37. The van der Waals surface area contributed by atoms with Gasteiger partial charge in [0.05, 0.1) is 11.1 Å². The predicted molar refractivity (Wildman–Crippen MR) is 58.4 cm³/mol. The first-order valence-corrected chi connectivity index (χ1v) is 4.89. The number of pyridine rings is 1. The number of rotatable bonds is 2. The van der Waals surface area contributed by atoms with Gasteiger partial charge in [-0.1, -0.05) is 0 Å². The van der Waals surface area contributed by atoms with Crippen molar-refractivity contribution in [3.8, 4) is 0 Å². The molecule has 0 aliphatic heterocycles. The van der Waals surface area contributed by atoms with Gasteiger partial charge in [0.1, 0.15) is 17.5 Å². The molecule has 92 valence electrons. The molecule has 0 bridgehead atoms. The van der Waals surface area contributed by atoms with Gasteiger partial charge in [0.2, 0.25) is 5.78 Å². The van der Waals surface area contributed by atoms with Crippen LogP contribution in [0.5, 0.6) is 0 Å². The Kier molecular flexibility index (Phi) is 3.01. The lowest BCUT2D eigenvalue weighted by atomic mass is 10.0. The average Bonchev–Trinajstić information content (AvgIpc) is 2.27. The molecule has 1 aromatic carbocycles. The quantitative estimate of drug-likeness (QED) is 0.834. The standard InChI is InChI=1S/C12H7F3N2O/c13-6-3-8(14)11(9(15)4-6)12(18)7-5-17-2-1-10(7)16/h1-5H,(H2,16,17). The summed E-state index contributed by atoms with van der Waals surface area (Å²) in [5.41, 5.74) is 4.56. The first kappa shape index (κ1) is 12.1. The SMILES string of the molecule is Nc1ccncc1C(=O)c1c(F)cc(F)cc1F. The molecule has 18 heavy (non-hydrogen) atoms. The maximum atomic E-state index is 13.4. The molecule has 0 saturated carbocycles. The highest BCUT2D eigenvalue weighted by atomic mass is 19.1. The van der Waals surface area contributed by atoms with Crippen LogP contribution in [0, 0.1) is 17.5 Å². The van der Waals surface area contributed by atoms with Crippen molar-refractivity contribution < 1.29 is 18.0 Å². The highest BCUT2D eigenvalue weighted by Gasteiger charge is 2.22. The zero-order valence-corrected chi connectivity index (χ0v) is 8.95. The molecule has 2 N–H and O–H groups in total. The van der Waals surface area contributed by atoms with Crippen LogP contribution in [0.25, 0.3) is 0 Å². The van der Waals surface area contributed by atoms with Crippen LogP contribution >= 0.6 is 0 Å². The number of carbonyl (C=O) groups excluding carboxylic acids is 1. The fourth-order valence-corrected chi connectivity index (χ4v) is 1.49. The second kappa shape index (κ2) is 4.48. The van der Waals surface area contributed by atoms with Crippen LogP contribution in [0.3, 0.4) is 0 Å². The number of nitrogen functional groups attached to an aromatic ring is 1. The minimum Gasteiger partial charge on any atom is -0.398 e. The molecule has 0 aliphatic carbocycles. The number of anilines is 1. The third-order valence-corrected chi connectivity index (χ3v) is 2.33. The van der Waals surface area contributed by atoms with Gasteiger partial charge < -0.3 is 5.73 Å². The number of ketones is 1. The van der Waals surface area contributed by atoms with Gasteiger partial charge in [-0.3, -0.25) is 9.78 Å². The Labute approximate surface area is 100 Å². The number of benzene rings is 1. The minimum atomic E-state index is -1.28. The lowest BCUT2D eigenvalue weighted by molar-refractivity contribution is 0.103. The van der Waals surface area contributed by atoms with Crippen molar-refractivity contribution in [1.29, 1.82) is 0 Å². The second-order valence-corrected chi connectivity index (χ2v) is 3.54. The molecule has 2 aromatic rings. The number of halogens is 3. The molecule has 1 heterocycles. The summed E-state index contributed by atoms with van der Waals surface area (Å²) in [6, 6.07) is 2.19. The van der Waals surface area contributed by atoms with Crippen LogP contribution < -0.4 is 5.73 Å². The lowest BCUT2D eigenvalue weighted by Crippen LogP contribution is -2.11. The van der Waals surface area contributed by atoms with Crippen molar-refractivity contribution in [2.45, 2.75) is 0 Å². The predicted octanol–water partition coefficient (Wildman–Crippen LogP) is 2.31. The van der Waals surface area contributed by atoms with Crippen LogP contribution in [-0.4, -0.2) is 10.8 Å². The van der Waals surface area contributed by atoms with Crippen molar-refractivity contribution in [2.24, 2.45) is 0 Å². The van der Waals surface area contributed by atoms with Crippen molar-refractivity contribution in [3.63, 3.8) is 0 Å². The summed E-state index contributed by atoms with van der Waals surface area (Å²) < 4.78 is 39.6. The van der Waals surface area contributed by atoms with E-state index in [1.165, 1.54) is 12.3 Å². The molecule has 3 nitrogen and oxygen atoms in total. The van der Waals surface area contributed by atoms with Gasteiger partial charge in [-0.2, -0.15) is 0 Å². The molecule has 0 radical (unpaired) electrons. The summed E-state index contributed by atoms with van der Waals surface area (Å²) >= 11 is 0. The molecule has 0 spiro atoms. The Bertz CT molecular complexity index is 605. The molecule has 0 atom stereocenters. The fraction of sp³-hybridized carbons (Fsp3) is 0. The summed E-state index contributed by atoms with van der Waals surface area (Å²) in [6.45, 7) is 0. The Morgan fingerprint density at radius 2 is 1.78 bits per heavy atom. The number of carbonyl (C=O) groups is 1. The van der Waals surface area contributed by atoms with Crippen LogP contribution in [0.4, 0.5) is 18.9 Å². The first-order chi connectivity index (χ1) is 8.50. The molecule has 0 unspecified atom stereocenters. The monoisotopic (exact) mass is 252 g/mol. The van der Waals surface area contributed by atoms with Gasteiger partial charge in [-0.05, 0) is 6.07 Å². The smallest absolute Gasteiger partial charge is 0.202 e. The molecular weight excluding hydrogens is 245 g/mol. The molecule has 0 saturated heterocycles. The van der Waals surface area contributed by atoms with E-state index < -0.39 is 28.8 Å². The van der Waals surface area contributed by atoms with E-state index in [2.05, 4.69) is 4.98 Å². The number of nitrogens with zero attached hydrogens (tertiary/aromatic N) is 1. The molecule has 1 aromatic heterocycles. The summed E-state index contributed by atoms with van der Waals surface area (Å²) in [4.78, 5) is 15.5. The molecule has 2 rings (SSSR count). The number of aromatic nitrogens is 1. The van der Waals surface area contributed by atoms with Crippen LogP contribution in [0.15, 0.2) is 30.6 Å². The maximum Gasteiger partial charge on any atom is 0.202 e. The third-order valence-electron chi connectivity index (χ3n) is 2.33. The van der Waals surface area contributed by atoms with Gasteiger partial charge in [-0.15, -0.1) is 0 Å². The molecule has 0 fully saturated rings. The molecule has 6 heteroatoms. The molecule has 0 aliphatic rings. The second-order valence-electron chi connectivity index (χ2n) is 3.54. The zero-order valence-electron chi connectivity index (χ0n) is 8.95. The first-order valence-electron chi connectivity index (χ1n) is 4.89. The zero-order chi connectivity index (χ0) is 13.3. The lowest BCUT2D eigenvalue weighted by Gasteiger charge is -2.06. The summed E-state index contributed by atoms with van der Waals surface area (Å²) in [5.74, 6) is -4.63. The Morgan fingerprint density at radius 1 is 1.17 bits per heavy atom. The van der Waals surface area contributed by atoms with E-state index in [1.807, 2.05) is 0 Å². The van der Waals surface area contributed by atoms with E-state index in [4.69, 9.17) is 5.73 Å². The van der Waals surface area contributed by atoms with E-state index in [0.29, 0.717) is 12.1 Å². The van der Waals surface area contributed by atoms with Gasteiger partial charge in [-0.25, -0.2) is 13.2 Å². The highest BCUT2D eigenvalue weighted by Crippen LogP contribution is 2.21. The third kappa shape index (κ3) is 2.04. The minimum absolute atomic E-state index is 0.0399. The van der Waals surface area contributed by atoms with Gasteiger partial charge in [0.25, 0.3) is 0 Å². The number of hydrogen-bond donors (Lipinski definition) is 1. The van der Waals surface area contributed by atoms with Crippen LogP contribution in [0.2, 0.25) is 0 Å². The molecular formula is C12H7F3N2O. The van der Waals surface area contributed by atoms with Gasteiger partial charge in [0, 0.05) is 30.2 Å². The number of hydrogen-bond acceptors (Lipinski definition) is 3. The summed E-state index contributed by atoms with van der Waals surface area (Å²) in [5, 5.41) is 0. The largest absolute Gasteiger partial charge is 0.398 e. The van der Waals surface area contributed by atoms with E-state index in [9.17, 15) is 18.0 Å². The van der Waals surface area contributed by atoms with Crippen molar-refractivity contribution in [3.05, 3.63) is 59.2 Å². The Morgan fingerprint density at radius 3 is 2.33 bits per heavy atom. The average molecular weight is 252 g/mol. The highest BCUT2D eigenvalue weighted by molar-refractivity contribution is 6.12. The molecule has 0 amide bonds. The summed E-state index contributed by atoms with van der Waals surface area (Å²) in [7, 11) is 0. The van der Waals surface area contributed by atoms with E-state index in [1.54, 1.807) is 0 Å². The van der Waals surface area contributed by atoms with E-state index in [-0.39, 0.29) is 11.3 Å². The summed E-state index contributed by atoms with van der Waals surface area (Å²) in [6.07, 6.45) is 2.43. The Balaban J connectivity index is 2.57.